The monoisotopic (exact) mass is 490 g/mol. The lowest BCUT2D eigenvalue weighted by atomic mass is 9.80. The van der Waals surface area contributed by atoms with Crippen LogP contribution in [0.25, 0.3) is 6.08 Å². The molecule has 182 valence electrons. The molecule has 35 heavy (non-hydrogen) atoms. The van der Waals surface area contributed by atoms with Gasteiger partial charge in [-0.15, -0.1) is 0 Å². The van der Waals surface area contributed by atoms with E-state index in [2.05, 4.69) is 57.3 Å². The summed E-state index contributed by atoms with van der Waals surface area (Å²) < 4.78 is 6.27. The second-order valence-electron chi connectivity index (χ2n) is 10.1. The molecule has 0 amide bonds. The van der Waals surface area contributed by atoms with Gasteiger partial charge in [-0.25, -0.2) is 0 Å². The van der Waals surface area contributed by atoms with Crippen molar-refractivity contribution in [2.24, 2.45) is 10.9 Å². The van der Waals surface area contributed by atoms with Crippen molar-refractivity contribution in [3.8, 4) is 11.6 Å². The highest BCUT2D eigenvalue weighted by molar-refractivity contribution is 6.33. The maximum absolute atomic E-state index is 6.74. The first-order chi connectivity index (χ1) is 17.0. The minimum Gasteiger partial charge on any atom is -0.437 e. The number of amidine groups is 1. The van der Waals surface area contributed by atoms with E-state index in [1.165, 1.54) is 36.0 Å². The Bertz CT molecular complexity index is 1240. The molecular formula is C27H31ClN6O. The molecule has 1 N–H and O–H groups in total. The van der Waals surface area contributed by atoms with Crippen LogP contribution in [0.5, 0.6) is 11.6 Å². The molecule has 0 spiro atoms. The Morgan fingerprint density at radius 3 is 2.69 bits per heavy atom. The van der Waals surface area contributed by atoms with Crippen molar-refractivity contribution in [1.82, 2.24) is 14.9 Å². The zero-order valence-corrected chi connectivity index (χ0v) is 21.1. The predicted octanol–water partition coefficient (Wildman–Crippen LogP) is 5.18. The molecule has 2 fully saturated rings. The zero-order chi connectivity index (χ0) is 23.9. The number of hydrogen-bond donors (Lipinski definition) is 1. The highest BCUT2D eigenvalue weighted by atomic mass is 35.5. The van der Waals surface area contributed by atoms with E-state index in [0.717, 1.165) is 56.4 Å². The average Bonchev–Trinajstić information content (AvgIpc) is 3.41. The van der Waals surface area contributed by atoms with Gasteiger partial charge in [-0.1, -0.05) is 35.7 Å². The summed E-state index contributed by atoms with van der Waals surface area (Å²) in [5.41, 5.74) is 4.99. The number of ether oxygens (including phenoxy) is 1. The second-order valence-corrected chi connectivity index (χ2v) is 10.4. The van der Waals surface area contributed by atoms with Crippen LogP contribution in [-0.4, -0.2) is 60.5 Å². The normalized spacial score (nSPS) is 20.2. The van der Waals surface area contributed by atoms with Crippen LogP contribution in [0.4, 0.5) is 11.8 Å². The van der Waals surface area contributed by atoms with E-state index in [0.29, 0.717) is 28.5 Å². The second kappa shape index (κ2) is 9.28. The van der Waals surface area contributed by atoms with Gasteiger partial charge in [0.25, 0.3) is 0 Å². The predicted molar refractivity (Wildman–Crippen MR) is 142 cm³/mol. The molecule has 1 saturated heterocycles. The lowest BCUT2D eigenvalue weighted by Gasteiger charge is -2.33. The molecule has 1 saturated carbocycles. The maximum Gasteiger partial charge on any atom is 0.233 e. The van der Waals surface area contributed by atoms with Crippen LogP contribution in [-0.2, 0) is 6.42 Å². The summed E-state index contributed by atoms with van der Waals surface area (Å²) in [4.78, 5) is 18.8. The van der Waals surface area contributed by atoms with Gasteiger partial charge in [0.15, 0.2) is 0 Å². The summed E-state index contributed by atoms with van der Waals surface area (Å²) in [6.45, 7) is 6.69. The third kappa shape index (κ3) is 4.67. The number of anilines is 2. The number of nitrogens with one attached hydrogen (secondary N) is 1. The number of aromatic nitrogens is 2. The van der Waals surface area contributed by atoms with Gasteiger partial charge in [0.05, 0.1) is 11.6 Å². The number of fused-ring (bicyclic) bond motifs is 1. The minimum absolute atomic E-state index is 0.471. The molecule has 4 aliphatic rings. The Hall–Kier alpha value is -2.90. The number of hydrogen-bond acceptors (Lipinski definition) is 7. The molecule has 0 bridgehead atoms. The van der Waals surface area contributed by atoms with Gasteiger partial charge in [-0.05, 0) is 62.4 Å². The zero-order valence-electron chi connectivity index (χ0n) is 20.4. The molecule has 0 atom stereocenters. The fraction of sp³-hybridized carbons (Fsp3) is 0.444. The summed E-state index contributed by atoms with van der Waals surface area (Å²) in [7, 11) is 2.15. The molecule has 2 aliphatic heterocycles. The maximum atomic E-state index is 6.74. The first kappa shape index (κ1) is 22.6. The van der Waals surface area contributed by atoms with Gasteiger partial charge in [0, 0.05) is 37.8 Å². The van der Waals surface area contributed by atoms with Crippen molar-refractivity contribution in [1.29, 1.82) is 0 Å². The van der Waals surface area contributed by atoms with Crippen molar-refractivity contribution < 1.29 is 4.74 Å². The van der Waals surface area contributed by atoms with E-state index in [9.17, 15) is 0 Å². The van der Waals surface area contributed by atoms with Crippen LogP contribution in [0.1, 0.15) is 37.3 Å². The number of nitrogens with zero attached hydrogens (tertiary/aromatic N) is 5. The fourth-order valence-corrected chi connectivity index (χ4v) is 5.37. The Labute approximate surface area is 211 Å². The summed E-state index contributed by atoms with van der Waals surface area (Å²) in [6, 6.07) is 5.94. The van der Waals surface area contributed by atoms with E-state index < -0.39 is 0 Å². The van der Waals surface area contributed by atoms with Crippen LogP contribution < -0.4 is 15.0 Å². The molecule has 1 aromatic heterocycles. The number of aliphatic imine (C=N–C) groups is 1. The first-order valence-electron chi connectivity index (χ1n) is 12.5. The third-order valence-electron chi connectivity index (χ3n) is 7.45. The number of allylic oxidation sites excluding steroid dienone is 1. The van der Waals surface area contributed by atoms with Gasteiger partial charge in [-0.3, -0.25) is 4.99 Å². The van der Waals surface area contributed by atoms with E-state index in [4.69, 9.17) is 21.3 Å². The third-order valence-corrected chi connectivity index (χ3v) is 7.84. The van der Waals surface area contributed by atoms with E-state index in [1.807, 2.05) is 12.1 Å². The highest BCUT2D eigenvalue weighted by Crippen LogP contribution is 2.39. The van der Waals surface area contributed by atoms with Gasteiger partial charge in [0.1, 0.15) is 17.4 Å². The molecule has 7 nitrogen and oxygen atoms in total. The Kier molecular flexibility index (Phi) is 5.98. The highest BCUT2D eigenvalue weighted by Gasteiger charge is 2.25. The van der Waals surface area contributed by atoms with E-state index in [1.54, 1.807) is 0 Å². The number of halogens is 1. The van der Waals surface area contributed by atoms with E-state index in [-0.39, 0.29) is 0 Å². The molecule has 2 aromatic rings. The number of piperazine rings is 1. The smallest absolute Gasteiger partial charge is 0.233 e. The number of benzene rings is 1. The Morgan fingerprint density at radius 2 is 1.91 bits per heavy atom. The molecule has 0 unspecified atom stereocenters. The quantitative estimate of drug-likeness (QED) is 0.622. The van der Waals surface area contributed by atoms with Gasteiger partial charge in [0.2, 0.25) is 11.8 Å². The minimum atomic E-state index is 0.471. The van der Waals surface area contributed by atoms with Crippen molar-refractivity contribution >= 4 is 35.3 Å². The Balaban J connectivity index is 1.29. The Morgan fingerprint density at radius 1 is 1.09 bits per heavy atom. The summed E-state index contributed by atoms with van der Waals surface area (Å²) >= 11 is 6.74. The van der Waals surface area contributed by atoms with Crippen LogP contribution >= 0.6 is 11.6 Å². The van der Waals surface area contributed by atoms with Crippen molar-refractivity contribution in [3.05, 3.63) is 51.6 Å². The van der Waals surface area contributed by atoms with Gasteiger partial charge < -0.3 is 19.9 Å². The van der Waals surface area contributed by atoms with Crippen LogP contribution in [0.15, 0.2) is 40.4 Å². The first-order valence-corrected chi connectivity index (χ1v) is 12.9. The van der Waals surface area contributed by atoms with Crippen molar-refractivity contribution in [3.63, 3.8) is 0 Å². The largest absolute Gasteiger partial charge is 0.437 e. The fourth-order valence-electron chi connectivity index (χ4n) is 5.09. The number of rotatable bonds is 5. The molecule has 1 aromatic carbocycles. The molecule has 2 aliphatic carbocycles. The van der Waals surface area contributed by atoms with Gasteiger partial charge in [-0.2, -0.15) is 9.97 Å². The molecule has 0 radical (unpaired) electrons. The molecule has 3 heterocycles. The lowest BCUT2D eigenvalue weighted by Crippen LogP contribution is -2.44. The van der Waals surface area contributed by atoms with E-state index >= 15 is 0 Å². The average molecular weight is 491 g/mol. The van der Waals surface area contributed by atoms with Crippen molar-refractivity contribution in [2.45, 2.75) is 32.6 Å². The topological polar surface area (TPSA) is 65.9 Å². The summed E-state index contributed by atoms with van der Waals surface area (Å²) in [5.74, 6) is 3.93. The molecule has 6 rings (SSSR count). The molecular weight excluding hydrogens is 460 g/mol. The SMILES string of the molecule is CC1=Cc2c(ccc(Oc3cc(N4CCN(C)CC4)nc(NC4=NCC(C5CCC5)=C4)n3)c2Cl)C1. The van der Waals surface area contributed by atoms with Crippen LogP contribution in [0, 0.1) is 5.92 Å². The van der Waals surface area contributed by atoms with Crippen molar-refractivity contribution in [2.75, 3.05) is 50.0 Å². The van der Waals surface area contributed by atoms with Crippen LogP contribution in [0.3, 0.4) is 0 Å². The molecule has 8 heteroatoms. The van der Waals surface area contributed by atoms with Crippen LogP contribution in [0.2, 0.25) is 5.02 Å². The van der Waals surface area contributed by atoms with Gasteiger partial charge >= 0.3 is 0 Å². The summed E-state index contributed by atoms with van der Waals surface area (Å²) in [6.07, 6.45) is 9.11. The summed E-state index contributed by atoms with van der Waals surface area (Å²) in [5, 5.41) is 3.97. The number of likely N-dealkylation sites (N-methyl/N-ethyl adjacent to an activating group) is 1. The lowest BCUT2D eigenvalue weighted by molar-refractivity contribution is 0.312. The standard InChI is InChI=1S/C27H31ClN6O/c1-17-12-19-6-7-22(26(28)21(19)13-17)35-25-15-24(34-10-8-33(2)9-11-34)31-27(32-25)30-23-14-20(16-29-23)18-4-3-5-18/h6-7,13-15,18H,3-5,8-12,16H2,1-2H3,(H,29,30,31,32).